The van der Waals surface area contributed by atoms with E-state index in [0.29, 0.717) is 19.4 Å². The highest BCUT2D eigenvalue weighted by atomic mass is 16.5. The van der Waals surface area contributed by atoms with Gasteiger partial charge in [-0.2, -0.15) is 0 Å². The van der Waals surface area contributed by atoms with Crippen LogP contribution in [0.3, 0.4) is 0 Å². The molecule has 0 bridgehead atoms. The molecule has 6 nitrogen and oxygen atoms in total. The predicted octanol–water partition coefficient (Wildman–Crippen LogP) is 3.73. The zero-order chi connectivity index (χ0) is 20.4. The number of carbonyl (C=O) groups is 1. The average molecular weight is 392 g/mol. The van der Waals surface area contributed by atoms with Crippen LogP contribution < -0.4 is 4.74 Å². The molecule has 4 rings (SSSR count). The van der Waals surface area contributed by atoms with Gasteiger partial charge in [0.15, 0.2) is 0 Å². The Bertz CT molecular complexity index is 1040. The Morgan fingerprint density at radius 2 is 2.10 bits per heavy atom. The molecule has 1 aliphatic heterocycles. The van der Waals surface area contributed by atoms with Crippen LogP contribution >= 0.6 is 0 Å². The van der Waals surface area contributed by atoms with Gasteiger partial charge in [-0.3, -0.25) is 9.78 Å². The maximum atomic E-state index is 11.3. The van der Waals surface area contributed by atoms with Gasteiger partial charge < -0.3 is 14.9 Å². The minimum atomic E-state index is -0.807. The zero-order valence-electron chi connectivity index (χ0n) is 16.3. The van der Waals surface area contributed by atoms with E-state index in [9.17, 15) is 15.0 Å². The number of carboxylic acids is 1. The molecule has 2 heterocycles. The van der Waals surface area contributed by atoms with Crippen LogP contribution in [0.2, 0.25) is 0 Å². The number of aliphatic hydroxyl groups excluding tert-OH is 1. The lowest BCUT2D eigenvalue weighted by atomic mass is 9.95. The van der Waals surface area contributed by atoms with Gasteiger partial charge in [-0.1, -0.05) is 31.2 Å². The van der Waals surface area contributed by atoms with E-state index in [2.05, 4.69) is 4.98 Å². The number of pyridine rings is 1. The van der Waals surface area contributed by atoms with Crippen molar-refractivity contribution in [2.75, 3.05) is 6.73 Å². The minimum Gasteiger partial charge on any atom is -0.481 e. The topological polar surface area (TPSA) is 82.9 Å². The summed E-state index contributed by atoms with van der Waals surface area (Å²) in [4.78, 5) is 17.5. The summed E-state index contributed by atoms with van der Waals surface area (Å²) in [6.45, 7) is 2.70. The van der Waals surface area contributed by atoms with E-state index in [0.717, 1.165) is 33.3 Å². The number of nitrogens with zero attached hydrogens (tertiary/aromatic N) is 2. The number of ether oxygens (including phenoxy) is 1. The lowest BCUT2D eigenvalue weighted by Gasteiger charge is -2.33. The Kier molecular flexibility index (Phi) is 5.47. The molecule has 2 unspecified atom stereocenters. The van der Waals surface area contributed by atoms with Crippen LogP contribution in [0.4, 0.5) is 0 Å². The Balaban J connectivity index is 1.53. The van der Waals surface area contributed by atoms with E-state index in [-0.39, 0.29) is 6.73 Å². The molecule has 0 spiro atoms. The number of aliphatic carboxylic acids is 1. The van der Waals surface area contributed by atoms with Gasteiger partial charge >= 0.3 is 5.97 Å². The maximum absolute atomic E-state index is 11.3. The molecule has 6 heteroatoms. The van der Waals surface area contributed by atoms with E-state index in [1.54, 1.807) is 6.20 Å². The smallest absolute Gasteiger partial charge is 0.306 e. The molecule has 2 atom stereocenters. The first-order valence-corrected chi connectivity index (χ1v) is 9.79. The molecule has 0 saturated heterocycles. The van der Waals surface area contributed by atoms with Crippen LogP contribution in [0.5, 0.6) is 5.75 Å². The van der Waals surface area contributed by atoms with Crippen molar-refractivity contribution in [2.24, 2.45) is 5.92 Å². The van der Waals surface area contributed by atoms with Gasteiger partial charge in [0.05, 0.1) is 11.4 Å². The molecule has 0 aliphatic carbocycles. The second kappa shape index (κ2) is 8.19. The fraction of sp³-hybridized carbons (Fsp3) is 0.304. The third kappa shape index (κ3) is 4.09. The fourth-order valence-electron chi connectivity index (χ4n) is 3.75. The molecule has 0 fully saturated rings. The summed E-state index contributed by atoms with van der Waals surface area (Å²) < 4.78 is 5.84. The molecule has 0 saturated carbocycles. The summed E-state index contributed by atoms with van der Waals surface area (Å²) in [5.41, 5.74) is 3.59. The minimum absolute atomic E-state index is 0.283. The largest absolute Gasteiger partial charge is 0.481 e. The van der Waals surface area contributed by atoms with E-state index >= 15 is 0 Å². The van der Waals surface area contributed by atoms with Crippen molar-refractivity contribution in [3.8, 4) is 5.75 Å². The van der Waals surface area contributed by atoms with Crippen molar-refractivity contribution < 1.29 is 19.7 Å². The number of carboxylic acid groups (broad SMARTS) is 1. The van der Waals surface area contributed by atoms with Crippen LogP contribution in [-0.4, -0.2) is 32.8 Å². The number of rotatable bonds is 6. The second-order valence-electron chi connectivity index (χ2n) is 7.44. The van der Waals surface area contributed by atoms with E-state index in [1.807, 2.05) is 60.4 Å². The van der Waals surface area contributed by atoms with Crippen molar-refractivity contribution in [1.82, 2.24) is 9.88 Å². The maximum Gasteiger partial charge on any atom is 0.306 e. The molecule has 2 N–H and O–H groups in total. The van der Waals surface area contributed by atoms with Gasteiger partial charge in [-0.05, 0) is 48.2 Å². The standard InChI is InChI=1S/C23H24N2O4/c1-2-16(23(27)28)10-15-5-8-21-19(11-15)13-25(14-29-21)22(26)18-6-7-20-17(12-18)4-3-9-24-20/h3-9,11-12,16,22,26H,2,10,13-14H2,1H3,(H,27,28). The van der Waals surface area contributed by atoms with Crippen LogP contribution in [0.15, 0.2) is 54.7 Å². The van der Waals surface area contributed by atoms with Crippen molar-refractivity contribution in [2.45, 2.75) is 32.5 Å². The molecule has 2 aromatic carbocycles. The Hall–Kier alpha value is -2.96. The molecule has 0 radical (unpaired) electrons. The number of fused-ring (bicyclic) bond motifs is 2. The zero-order valence-corrected chi connectivity index (χ0v) is 16.3. The first kappa shape index (κ1) is 19.4. The molecule has 1 aliphatic rings. The lowest BCUT2D eigenvalue weighted by Crippen LogP contribution is -2.35. The summed E-state index contributed by atoms with van der Waals surface area (Å²) in [7, 11) is 0. The van der Waals surface area contributed by atoms with Crippen molar-refractivity contribution >= 4 is 16.9 Å². The van der Waals surface area contributed by atoms with Gasteiger partial charge in [0.2, 0.25) is 0 Å². The SMILES string of the molecule is CCC(Cc1ccc2c(c1)CN(C(O)c1ccc3ncccc3c1)CO2)C(=O)O. The number of aromatic nitrogens is 1. The number of hydrogen-bond acceptors (Lipinski definition) is 5. The van der Waals surface area contributed by atoms with Gasteiger partial charge in [-0.25, -0.2) is 4.90 Å². The van der Waals surface area contributed by atoms with Gasteiger partial charge in [0.1, 0.15) is 18.7 Å². The van der Waals surface area contributed by atoms with Crippen molar-refractivity contribution in [3.05, 3.63) is 71.4 Å². The van der Waals surface area contributed by atoms with Crippen LogP contribution in [0.1, 0.15) is 36.3 Å². The van der Waals surface area contributed by atoms with Crippen LogP contribution in [0.25, 0.3) is 10.9 Å². The highest BCUT2D eigenvalue weighted by Crippen LogP contribution is 2.31. The highest BCUT2D eigenvalue weighted by molar-refractivity contribution is 5.79. The van der Waals surface area contributed by atoms with E-state index in [1.165, 1.54) is 0 Å². The Morgan fingerprint density at radius 1 is 1.24 bits per heavy atom. The summed E-state index contributed by atoms with van der Waals surface area (Å²) in [6, 6.07) is 15.4. The third-order valence-corrected chi connectivity index (χ3v) is 5.48. The molecular weight excluding hydrogens is 368 g/mol. The summed E-state index contributed by atoms with van der Waals surface area (Å²) >= 11 is 0. The molecule has 3 aromatic rings. The average Bonchev–Trinajstić information content (AvgIpc) is 2.75. The van der Waals surface area contributed by atoms with Gasteiger partial charge in [-0.15, -0.1) is 0 Å². The predicted molar refractivity (Wildman–Crippen MR) is 109 cm³/mol. The molecule has 29 heavy (non-hydrogen) atoms. The molecular formula is C23H24N2O4. The molecule has 150 valence electrons. The Morgan fingerprint density at radius 3 is 2.90 bits per heavy atom. The van der Waals surface area contributed by atoms with E-state index in [4.69, 9.17) is 4.74 Å². The number of benzene rings is 2. The first-order valence-electron chi connectivity index (χ1n) is 9.79. The van der Waals surface area contributed by atoms with Crippen LogP contribution in [-0.2, 0) is 17.8 Å². The summed E-state index contributed by atoms with van der Waals surface area (Å²) in [5, 5.41) is 21.2. The fourth-order valence-corrected chi connectivity index (χ4v) is 3.75. The first-order chi connectivity index (χ1) is 14.0. The summed E-state index contributed by atoms with van der Waals surface area (Å²) in [5.74, 6) is -0.391. The van der Waals surface area contributed by atoms with Gasteiger partial charge in [0.25, 0.3) is 0 Å². The van der Waals surface area contributed by atoms with Crippen molar-refractivity contribution in [1.29, 1.82) is 0 Å². The molecule has 0 amide bonds. The number of aliphatic hydroxyl groups is 1. The number of hydrogen-bond donors (Lipinski definition) is 2. The quantitative estimate of drug-likeness (QED) is 0.665. The van der Waals surface area contributed by atoms with Crippen molar-refractivity contribution in [3.63, 3.8) is 0 Å². The third-order valence-electron chi connectivity index (χ3n) is 5.48. The lowest BCUT2D eigenvalue weighted by molar-refractivity contribution is -0.141. The summed E-state index contributed by atoms with van der Waals surface area (Å²) in [6.07, 6.45) is 2.02. The van der Waals surface area contributed by atoms with E-state index < -0.39 is 18.1 Å². The Labute approximate surface area is 169 Å². The van der Waals surface area contributed by atoms with Gasteiger partial charge in [0, 0.05) is 23.7 Å². The highest BCUT2D eigenvalue weighted by Gasteiger charge is 2.25. The normalized spacial score (nSPS) is 16.1. The monoisotopic (exact) mass is 392 g/mol. The molecule has 1 aromatic heterocycles. The van der Waals surface area contributed by atoms with Crippen LogP contribution in [0, 0.1) is 5.92 Å². The second-order valence-corrected chi connectivity index (χ2v) is 7.44.